The van der Waals surface area contributed by atoms with Crippen LogP contribution in [-0.4, -0.2) is 16.4 Å². The standard InChI is InChI=1S/C21H19BrN2O/c1-15-4-2-3-5-20(15)18(13-24-25)12-17-10-11-23-14-21(17)16-6-8-19(22)9-7-16/h2-11,13-14,18,25H,12H2,1H3/b24-13-. The van der Waals surface area contributed by atoms with Gasteiger partial charge in [-0.25, -0.2) is 0 Å². The van der Waals surface area contributed by atoms with Gasteiger partial charge in [0.15, 0.2) is 0 Å². The number of hydrogen-bond acceptors (Lipinski definition) is 3. The Morgan fingerprint density at radius 2 is 1.88 bits per heavy atom. The fourth-order valence-corrected chi connectivity index (χ4v) is 3.32. The van der Waals surface area contributed by atoms with Crippen LogP contribution in [-0.2, 0) is 6.42 Å². The zero-order chi connectivity index (χ0) is 17.6. The van der Waals surface area contributed by atoms with Crippen LogP contribution in [0.3, 0.4) is 0 Å². The van der Waals surface area contributed by atoms with Crippen LogP contribution in [0.15, 0.2) is 76.6 Å². The van der Waals surface area contributed by atoms with Gasteiger partial charge in [-0.1, -0.05) is 52.3 Å². The van der Waals surface area contributed by atoms with Crippen molar-refractivity contribution in [3.05, 3.63) is 88.2 Å². The van der Waals surface area contributed by atoms with E-state index in [2.05, 4.69) is 57.3 Å². The third-order valence-corrected chi connectivity index (χ3v) is 4.87. The van der Waals surface area contributed by atoms with Gasteiger partial charge in [0.25, 0.3) is 0 Å². The van der Waals surface area contributed by atoms with E-state index in [0.717, 1.165) is 22.0 Å². The van der Waals surface area contributed by atoms with E-state index in [4.69, 9.17) is 5.21 Å². The van der Waals surface area contributed by atoms with Gasteiger partial charge in [0.1, 0.15) is 0 Å². The Morgan fingerprint density at radius 3 is 2.60 bits per heavy atom. The second-order valence-electron chi connectivity index (χ2n) is 5.97. The summed E-state index contributed by atoms with van der Waals surface area (Å²) in [5.41, 5.74) is 5.74. The molecule has 0 spiro atoms. The van der Waals surface area contributed by atoms with Gasteiger partial charge in [0, 0.05) is 28.3 Å². The van der Waals surface area contributed by atoms with Crippen LogP contribution in [0.1, 0.15) is 22.6 Å². The van der Waals surface area contributed by atoms with Gasteiger partial charge in [-0.3, -0.25) is 4.98 Å². The maximum absolute atomic E-state index is 9.14. The van der Waals surface area contributed by atoms with Crippen molar-refractivity contribution in [3.8, 4) is 11.1 Å². The summed E-state index contributed by atoms with van der Waals surface area (Å²) in [7, 11) is 0. The number of nitrogens with zero attached hydrogens (tertiary/aromatic N) is 2. The minimum Gasteiger partial charge on any atom is -0.411 e. The first-order chi connectivity index (χ1) is 12.2. The summed E-state index contributed by atoms with van der Waals surface area (Å²) in [5, 5.41) is 12.5. The van der Waals surface area contributed by atoms with E-state index in [1.165, 1.54) is 16.7 Å². The maximum atomic E-state index is 9.14. The van der Waals surface area contributed by atoms with Crippen molar-refractivity contribution in [1.29, 1.82) is 0 Å². The summed E-state index contributed by atoms with van der Waals surface area (Å²) >= 11 is 3.48. The molecule has 0 radical (unpaired) electrons. The number of pyridine rings is 1. The number of aryl methyl sites for hydroxylation is 1. The number of rotatable bonds is 5. The van der Waals surface area contributed by atoms with Gasteiger partial charge < -0.3 is 5.21 Å². The molecule has 3 aromatic rings. The second kappa shape index (κ2) is 8.08. The second-order valence-corrected chi connectivity index (χ2v) is 6.89. The first kappa shape index (κ1) is 17.4. The zero-order valence-electron chi connectivity index (χ0n) is 13.9. The summed E-state index contributed by atoms with van der Waals surface area (Å²) in [4.78, 5) is 4.29. The van der Waals surface area contributed by atoms with Crippen molar-refractivity contribution in [1.82, 2.24) is 4.98 Å². The molecule has 25 heavy (non-hydrogen) atoms. The van der Waals surface area contributed by atoms with E-state index in [-0.39, 0.29) is 5.92 Å². The molecule has 1 unspecified atom stereocenters. The van der Waals surface area contributed by atoms with Crippen LogP contribution in [0, 0.1) is 6.92 Å². The van der Waals surface area contributed by atoms with Crippen molar-refractivity contribution in [3.63, 3.8) is 0 Å². The number of oxime groups is 1. The molecule has 0 fully saturated rings. The Balaban J connectivity index is 1.99. The van der Waals surface area contributed by atoms with E-state index in [0.29, 0.717) is 0 Å². The van der Waals surface area contributed by atoms with Crippen LogP contribution in [0.25, 0.3) is 11.1 Å². The molecule has 1 aromatic heterocycles. The quantitative estimate of drug-likeness (QED) is 0.347. The van der Waals surface area contributed by atoms with Gasteiger partial charge >= 0.3 is 0 Å². The lowest BCUT2D eigenvalue weighted by atomic mass is 9.88. The summed E-state index contributed by atoms with van der Waals surface area (Å²) in [6.07, 6.45) is 6.04. The highest BCUT2D eigenvalue weighted by atomic mass is 79.9. The van der Waals surface area contributed by atoms with E-state index in [1.807, 2.05) is 42.7 Å². The number of halogens is 1. The van der Waals surface area contributed by atoms with Crippen molar-refractivity contribution >= 4 is 22.1 Å². The van der Waals surface area contributed by atoms with E-state index in [9.17, 15) is 0 Å². The summed E-state index contributed by atoms with van der Waals surface area (Å²) < 4.78 is 1.05. The minimum absolute atomic E-state index is 0.00259. The molecule has 1 N–H and O–H groups in total. The number of aromatic nitrogens is 1. The SMILES string of the molecule is Cc1ccccc1C(/C=N\O)Cc1ccncc1-c1ccc(Br)cc1. The molecule has 0 bridgehead atoms. The molecule has 2 aromatic carbocycles. The van der Waals surface area contributed by atoms with Gasteiger partial charge in [-0.15, -0.1) is 5.16 Å². The number of hydrogen-bond donors (Lipinski definition) is 1. The van der Waals surface area contributed by atoms with Crippen molar-refractivity contribution in [2.45, 2.75) is 19.3 Å². The molecule has 1 heterocycles. The van der Waals surface area contributed by atoms with E-state index < -0.39 is 0 Å². The summed E-state index contributed by atoms with van der Waals surface area (Å²) in [6, 6.07) is 18.4. The molecule has 0 aliphatic heterocycles. The Kier molecular flexibility index (Phi) is 5.61. The average molecular weight is 395 g/mol. The molecule has 3 rings (SSSR count). The maximum Gasteiger partial charge on any atom is 0.0514 e. The largest absolute Gasteiger partial charge is 0.411 e. The fraction of sp³-hybridized carbons (Fsp3) is 0.143. The summed E-state index contributed by atoms with van der Waals surface area (Å²) in [6.45, 7) is 2.08. The van der Waals surface area contributed by atoms with Crippen molar-refractivity contribution < 1.29 is 5.21 Å². The highest BCUT2D eigenvalue weighted by Gasteiger charge is 2.15. The zero-order valence-corrected chi connectivity index (χ0v) is 15.5. The molecule has 4 heteroatoms. The topological polar surface area (TPSA) is 45.5 Å². The fourth-order valence-electron chi connectivity index (χ4n) is 3.05. The molecular weight excluding hydrogens is 376 g/mol. The molecule has 3 nitrogen and oxygen atoms in total. The predicted molar refractivity (Wildman–Crippen MR) is 105 cm³/mol. The molecule has 126 valence electrons. The van der Waals surface area contributed by atoms with Crippen molar-refractivity contribution in [2.24, 2.45) is 5.16 Å². The molecule has 0 saturated heterocycles. The lowest BCUT2D eigenvalue weighted by molar-refractivity contribution is 0.319. The van der Waals surface area contributed by atoms with Crippen molar-refractivity contribution in [2.75, 3.05) is 0 Å². The predicted octanol–water partition coefficient (Wildman–Crippen LogP) is 5.61. The van der Waals surface area contributed by atoms with E-state index in [1.54, 1.807) is 6.21 Å². The molecular formula is C21H19BrN2O. The monoisotopic (exact) mass is 394 g/mol. The molecule has 0 aliphatic rings. The van der Waals surface area contributed by atoms with Crippen LogP contribution < -0.4 is 0 Å². The Hall–Kier alpha value is -2.46. The van der Waals surface area contributed by atoms with E-state index >= 15 is 0 Å². The Morgan fingerprint density at radius 1 is 1.12 bits per heavy atom. The third kappa shape index (κ3) is 4.15. The molecule has 0 amide bonds. The van der Waals surface area contributed by atoms with Crippen LogP contribution >= 0.6 is 15.9 Å². The van der Waals surface area contributed by atoms with Gasteiger partial charge in [0.05, 0.1) is 6.21 Å². The highest BCUT2D eigenvalue weighted by Crippen LogP contribution is 2.29. The van der Waals surface area contributed by atoms with Crippen LogP contribution in [0.5, 0.6) is 0 Å². The Bertz CT molecular complexity index is 875. The van der Waals surface area contributed by atoms with Gasteiger partial charge in [0.2, 0.25) is 0 Å². The normalized spacial score (nSPS) is 12.4. The first-order valence-corrected chi connectivity index (χ1v) is 8.90. The van der Waals surface area contributed by atoms with Gasteiger partial charge in [-0.2, -0.15) is 0 Å². The first-order valence-electron chi connectivity index (χ1n) is 8.11. The Labute approximate surface area is 156 Å². The molecule has 0 saturated carbocycles. The average Bonchev–Trinajstić information content (AvgIpc) is 2.63. The third-order valence-electron chi connectivity index (χ3n) is 4.34. The molecule has 0 aliphatic carbocycles. The van der Waals surface area contributed by atoms with Crippen LogP contribution in [0.4, 0.5) is 0 Å². The molecule has 1 atom stereocenters. The summed E-state index contributed by atoms with van der Waals surface area (Å²) in [5.74, 6) is 0.00259. The highest BCUT2D eigenvalue weighted by molar-refractivity contribution is 9.10. The lowest BCUT2D eigenvalue weighted by Gasteiger charge is -2.17. The van der Waals surface area contributed by atoms with Gasteiger partial charge in [-0.05, 0) is 53.8 Å². The number of benzene rings is 2. The van der Waals surface area contributed by atoms with Crippen LogP contribution in [0.2, 0.25) is 0 Å². The minimum atomic E-state index is 0.00259. The smallest absolute Gasteiger partial charge is 0.0514 e. The lowest BCUT2D eigenvalue weighted by Crippen LogP contribution is -2.07.